The summed E-state index contributed by atoms with van der Waals surface area (Å²) in [4.78, 5) is 39.4. The molecule has 0 bridgehead atoms. The summed E-state index contributed by atoms with van der Waals surface area (Å²) < 4.78 is 10.9. The first kappa shape index (κ1) is 22.3. The van der Waals surface area contributed by atoms with E-state index in [1.54, 1.807) is 60.9 Å². The summed E-state index contributed by atoms with van der Waals surface area (Å²) in [5.41, 5.74) is 3.47. The molecule has 1 aliphatic heterocycles. The summed E-state index contributed by atoms with van der Waals surface area (Å²) in [6, 6.07) is 24.7. The van der Waals surface area contributed by atoms with E-state index in [0.29, 0.717) is 41.2 Å². The standard InChI is InChI=1S/C28H22N2O5/c31-26(29-22-9-4-7-20(15-22)17-34-18-23-10-5-13-35-23)21-8-3-6-19(14-21)16-30-27(32)24-11-1-2-12-25(24)28(30)33/h1-15H,16-18H2,(H,29,31). The van der Waals surface area contributed by atoms with Gasteiger partial charge in [-0.3, -0.25) is 19.3 Å². The van der Waals surface area contributed by atoms with Gasteiger partial charge in [0.1, 0.15) is 12.4 Å². The number of ether oxygens (including phenoxy) is 1. The Balaban J connectivity index is 1.23. The number of hydrogen-bond donors (Lipinski definition) is 1. The first-order chi connectivity index (χ1) is 17.1. The summed E-state index contributed by atoms with van der Waals surface area (Å²) >= 11 is 0. The van der Waals surface area contributed by atoms with Crippen molar-refractivity contribution >= 4 is 23.4 Å². The molecule has 0 spiro atoms. The van der Waals surface area contributed by atoms with Crippen molar-refractivity contribution < 1.29 is 23.5 Å². The summed E-state index contributed by atoms with van der Waals surface area (Å²) in [5, 5.41) is 2.89. The third-order valence-electron chi connectivity index (χ3n) is 5.69. The molecule has 35 heavy (non-hydrogen) atoms. The van der Waals surface area contributed by atoms with Crippen LogP contribution < -0.4 is 5.32 Å². The first-order valence-corrected chi connectivity index (χ1v) is 11.1. The molecule has 1 N–H and O–H groups in total. The van der Waals surface area contributed by atoms with E-state index in [0.717, 1.165) is 11.3 Å². The fourth-order valence-corrected chi connectivity index (χ4v) is 3.98. The van der Waals surface area contributed by atoms with Crippen LogP contribution in [-0.2, 0) is 24.5 Å². The molecule has 7 nitrogen and oxygen atoms in total. The van der Waals surface area contributed by atoms with Gasteiger partial charge < -0.3 is 14.5 Å². The van der Waals surface area contributed by atoms with Crippen molar-refractivity contribution in [3.8, 4) is 0 Å². The molecule has 5 rings (SSSR count). The van der Waals surface area contributed by atoms with Gasteiger partial charge in [0.05, 0.1) is 30.5 Å². The zero-order valence-corrected chi connectivity index (χ0v) is 18.8. The maximum Gasteiger partial charge on any atom is 0.261 e. The van der Waals surface area contributed by atoms with Crippen molar-refractivity contribution in [3.63, 3.8) is 0 Å². The molecule has 0 saturated heterocycles. The van der Waals surface area contributed by atoms with E-state index in [2.05, 4.69) is 5.32 Å². The van der Waals surface area contributed by atoms with Crippen LogP contribution in [0.2, 0.25) is 0 Å². The number of carbonyl (C=O) groups excluding carboxylic acids is 3. The molecule has 4 aromatic rings. The van der Waals surface area contributed by atoms with Crippen LogP contribution in [0.3, 0.4) is 0 Å². The van der Waals surface area contributed by atoms with E-state index in [4.69, 9.17) is 9.15 Å². The fourth-order valence-electron chi connectivity index (χ4n) is 3.98. The molecule has 0 unspecified atom stereocenters. The summed E-state index contributed by atoms with van der Waals surface area (Å²) in [6.07, 6.45) is 1.60. The van der Waals surface area contributed by atoms with E-state index in [-0.39, 0.29) is 24.3 Å². The number of anilines is 1. The van der Waals surface area contributed by atoms with E-state index in [1.165, 1.54) is 4.90 Å². The van der Waals surface area contributed by atoms with Gasteiger partial charge in [-0.25, -0.2) is 0 Å². The van der Waals surface area contributed by atoms with Crippen LogP contribution in [0.5, 0.6) is 0 Å². The van der Waals surface area contributed by atoms with Crippen molar-refractivity contribution in [2.45, 2.75) is 19.8 Å². The second-order valence-corrected chi connectivity index (χ2v) is 8.17. The molecule has 0 saturated carbocycles. The average molecular weight is 466 g/mol. The van der Waals surface area contributed by atoms with Crippen molar-refractivity contribution in [3.05, 3.63) is 125 Å². The van der Waals surface area contributed by atoms with Crippen LogP contribution in [-0.4, -0.2) is 22.6 Å². The molecule has 3 amide bonds. The molecule has 0 fully saturated rings. The highest BCUT2D eigenvalue weighted by molar-refractivity contribution is 6.21. The van der Waals surface area contributed by atoms with E-state index >= 15 is 0 Å². The number of hydrogen-bond acceptors (Lipinski definition) is 5. The Bertz CT molecular complexity index is 1360. The van der Waals surface area contributed by atoms with Crippen LogP contribution >= 0.6 is 0 Å². The molecule has 0 radical (unpaired) electrons. The van der Waals surface area contributed by atoms with Gasteiger partial charge in [0, 0.05) is 11.3 Å². The Morgan fingerprint density at radius 2 is 1.54 bits per heavy atom. The van der Waals surface area contributed by atoms with E-state index in [1.807, 2.05) is 30.3 Å². The number of amides is 3. The highest BCUT2D eigenvalue weighted by Gasteiger charge is 2.35. The third-order valence-corrected chi connectivity index (χ3v) is 5.69. The lowest BCUT2D eigenvalue weighted by molar-refractivity contribution is 0.0642. The van der Waals surface area contributed by atoms with Crippen molar-refractivity contribution in [2.75, 3.05) is 5.32 Å². The number of furan rings is 1. The SMILES string of the molecule is O=C(Nc1cccc(COCc2ccco2)c1)c1cccc(CN2C(=O)c3ccccc3C2=O)c1. The Morgan fingerprint density at radius 3 is 2.29 bits per heavy atom. The monoisotopic (exact) mass is 466 g/mol. The summed E-state index contributed by atoms with van der Waals surface area (Å²) in [6.45, 7) is 0.833. The number of benzene rings is 3. The van der Waals surface area contributed by atoms with Crippen LogP contribution in [0.15, 0.2) is 95.6 Å². The van der Waals surface area contributed by atoms with Gasteiger partial charge in [-0.15, -0.1) is 0 Å². The van der Waals surface area contributed by atoms with Crippen LogP contribution in [0.4, 0.5) is 5.69 Å². The number of carbonyl (C=O) groups is 3. The van der Waals surface area contributed by atoms with Crippen LogP contribution in [0.25, 0.3) is 0 Å². The molecule has 0 aliphatic carbocycles. The maximum absolute atomic E-state index is 12.9. The second-order valence-electron chi connectivity index (χ2n) is 8.17. The predicted molar refractivity (Wildman–Crippen MR) is 129 cm³/mol. The first-order valence-electron chi connectivity index (χ1n) is 11.1. The van der Waals surface area contributed by atoms with Crippen LogP contribution in [0, 0.1) is 0 Å². The molecular formula is C28H22N2O5. The largest absolute Gasteiger partial charge is 0.467 e. The smallest absolute Gasteiger partial charge is 0.261 e. The quantitative estimate of drug-likeness (QED) is 0.367. The van der Waals surface area contributed by atoms with Crippen molar-refractivity contribution in [2.24, 2.45) is 0 Å². The number of rotatable bonds is 8. The van der Waals surface area contributed by atoms with Gasteiger partial charge in [0.15, 0.2) is 0 Å². The van der Waals surface area contributed by atoms with Gasteiger partial charge >= 0.3 is 0 Å². The molecule has 7 heteroatoms. The summed E-state index contributed by atoms with van der Waals surface area (Å²) in [5.74, 6) is -0.198. The Morgan fingerprint density at radius 1 is 0.800 bits per heavy atom. The predicted octanol–water partition coefficient (Wildman–Crippen LogP) is 5.04. The van der Waals surface area contributed by atoms with Crippen LogP contribution in [0.1, 0.15) is 48.0 Å². The minimum absolute atomic E-state index is 0.0932. The molecule has 3 aromatic carbocycles. The Labute approximate surface area is 201 Å². The number of fused-ring (bicyclic) bond motifs is 1. The normalized spacial score (nSPS) is 12.6. The Hall–Kier alpha value is -4.49. The van der Waals surface area contributed by atoms with Crippen molar-refractivity contribution in [1.82, 2.24) is 4.90 Å². The fraction of sp³-hybridized carbons (Fsp3) is 0.107. The van der Waals surface area contributed by atoms with E-state index in [9.17, 15) is 14.4 Å². The molecule has 174 valence electrons. The van der Waals surface area contributed by atoms with Gasteiger partial charge in [-0.1, -0.05) is 36.4 Å². The molecule has 1 aromatic heterocycles. The number of nitrogens with zero attached hydrogens (tertiary/aromatic N) is 1. The highest BCUT2D eigenvalue weighted by atomic mass is 16.5. The zero-order chi connectivity index (χ0) is 24.2. The van der Waals surface area contributed by atoms with Gasteiger partial charge in [-0.05, 0) is 59.7 Å². The lowest BCUT2D eigenvalue weighted by Gasteiger charge is -2.14. The topological polar surface area (TPSA) is 88.8 Å². The third kappa shape index (κ3) is 4.90. The second kappa shape index (κ2) is 9.79. The van der Waals surface area contributed by atoms with Gasteiger partial charge in [-0.2, -0.15) is 0 Å². The molecular weight excluding hydrogens is 444 g/mol. The van der Waals surface area contributed by atoms with Gasteiger partial charge in [0.25, 0.3) is 17.7 Å². The average Bonchev–Trinajstić information content (AvgIpc) is 3.48. The van der Waals surface area contributed by atoms with E-state index < -0.39 is 0 Å². The van der Waals surface area contributed by atoms with Gasteiger partial charge in [0.2, 0.25) is 0 Å². The minimum Gasteiger partial charge on any atom is -0.467 e. The molecule has 2 heterocycles. The number of imide groups is 1. The minimum atomic E-state index is -0.327. The highest BCUT2D eigenvalue weighted by Crippen LogP contribution is 2.24. The lowest BCUT2D eigenvalue weighted by Crippen LogP contribution is -2.29. The summed E-state index contributed by atoms with van der Waals surface area (Å²) in [7, 11) is 0. The lowest BCUT2D eigenvalue weighted by atomic mass is 10.1. The Kier molecular flexibility index (Phi) is 6.24. The maximum atomic E-state index is 12.9. The molecule has 1 aliphatic rings. The van der Waals surface area contributed by atoms with Crippen molar-refractivity contribution in [1.29, 1.82) is 0 Å². The number of nitrogens with one attached hydrogen (secondary N) is 1. The molecule has 0 atom stereocenters. The zero-order valence-electron chi connectivity index (χ0n) is 18.8.